The number of hydrogen-bond acceptors (Lipinski definition) is 3. The summed E-state index contributed by atoms with van der Waals surface area (Å²) < 4.78 is 0. The molecule has 0 aliphatic rings. The lowest BCUT2D eigenvalue weighted by Gasteiger charge is -2.23. The average molecular weight is 424 g/mol. The second-order valence-corrected chi connectivity index (χ2v) is 8.67. The van der Waals surface area contributed by atoms with Crippen LogP contribution in [0.2, 0.25) is 0 Å². The molecule has 0 radical (unpaired) electrons. The number of carbonyl (C=O) groups is 2. The maximum Gasteiger partial charge on any atom is 0.243 e. The highest BCUT2D eigenvalue weighted by molar-refractivity contribution is 5.95. The lowest BCUT2D eigenvalue weighted by Crippen LogP contribution is -2.40. The quantitative estimate of drug-likeness (QED) is 0.511. The first kappa shape index (κ1) is 24.6. The van der Waals surface area contributed by atoms with Gasteiger partial charge >= 0.3 is 0 Å². The topological polar surface area (TPSA) is 70.2 Å². The molecule has 2 atom stereocenters. The summed E-state index contributed by atoms with van der Waals surface area (Å²) in [7, 11) is 0. The Morgan fingerprint density at radius 2 is 1.42 bits per heavy atom. The highest BCUT2D eigenvalue weighted by Crippen LogP contribution is 2.25. The van der Waals surface area contributed by atoms with Crippen LogP contribution in [0.25, 0.3) is 0 Å². The van der Waals surface area contributed by atoms with Crippen LogP contribution >= 0.6 is 0 Å². The van der Waals surface area contributed by atoms with E-state index in [4.69, 9.17) is 0 Å². The zero-order valence-electron chi connectivity index (χ0n) is 19.7. The van der Waals surface area contributed by atoms with E-state index < -0.39 is 0 Å². The van der Waals surface area contributed by atoms with Crippen molar-refractivity contribution >= 4 is 17.5 Å². The molecule has 0 unspecified atom stereocenters. The van der Waals surface area contributed by atoms with Crippen molar-refractivity contribution in [3.63, 3.8) is 0 Å². The summed E-state index contributed by atoms with van der Waals surface area (Å²) in [6, 6.07) is 14.6. The molecular formula is C26H37N3O2. The molecule has 5 heteroatoms. The van der Waals surface area contributed by atoms with E-state index in [9.17, 15) is 9.59 Å². The summed E-state index contributed by atoms with van der Waals surface area (Å²) in [6.45, 7) is 12.7. The van der Waals surface area contributed by atoms with Gasteiger partial charge in [-0.3, -0.25) is 9.59 Å². The number of amides is 2. The molecule has 0 fully saturated rings. The van der Waals surface area contributed by atoms with Gasteiger partial charge in [0.2, 0.25) is 11.8 Å². The Bertz CT molecular complexity index is 854. The van der Waals surface area contributed by atoms with Gasteiger partial charge < -0.3 is 16.0 Å². The molecule has 2 rings (SSSR count). The molecule has 0 aromatic heterocycles. The maximum absolute atomic E-state index is 12.3. The average Bonchev–Trinajstić information content (AvgIpc) is 2.74. The first-order chi connectivity index (χ1) is 14.7. The number of anilines is 1. The number of hydrogen-bond donors (Lipinski definition) is 3. The lowest BCUT2D eigenvalue weighted by molar-refractivity contribution is -0.123. The summed E-state index contributed by atoms with van der Waals surface area (Å²) in [4.78, 5) is 24.6. The summed E-state index contributed by atoms with van der Waals surface area (Å²) >= 11 is 0. The van der Waals surface area contributed by atoms with Crippen LogP contribution in [0.15, 0.2) is 42.5 Å². The molecule has 0 aliphatic heterocycles. The highest BCUT2D eigenvalue weighted by atomic mass is 16.2. The van der Waals surface area contributed by atoms with E-state index in [2.05, 4.69) is 67.9 Å². The SMILES string of the molecule is CC[C@@H](C)c1ccc([C@@H](NCC(=O)NCC(=O)Nc2c(C)cccc2C)C(C)C)cc1. The van der Waals surface area contributed by atoms with Crippen LogP contribution in [0, 0.1) is 19.8 Å². The van der Waals surface area contributed by atoms with E-state index in [1.54, 1.807) is 0 Å². The van der Waals surface area contributed by atoms with Crippen molar-refractivity contribution < 1.29 is 9.59 Å². The van der Waals surface area contributed by atoms with Gasteiger partial charge in [0.05, 0.1) is 13.1 Å². The van der Waals surface area contributed by atoms with E-state index in [0.29, 0.717) is 11.8 Å². The number of para-hydroxylation sites is 1. The van der Waals surface area contributed by atoms with Crippen LogP contribution in [0.1, 0.15) is 68.3 Å². The van der Waals surface area contributed by atoms with E-state index in [1.165, 1.54) is 11.1 Å². The largest absolute Gasteiger partial charge is 0.346 e. The molecule has 3 N–H and O–H groups in total. The van der Waals surface area contributed by atoms with Gasteiger partial charge in [-0.05, 0) is 54.4 Å². The Balaban J connectivity index is 1.87. The molecule has 2 amide bonds. The minimum Gasteiger partial charge on any atom is -0.346 e. The Labute approximate surface area is 187 Å². The van der Waals surface area contributed by atoms with Gasteiger partial charge in [-0.1, -0.05) is 70.2 Å². The summed E-state index contributed by atoms with van der Waals surface area (Å²) in [5.74, 6) is 0.444. The monoisotopic (exact) mass is 423 g/mol. The first-order valence-electron chi connectivity index (χ1n) is 11.2. The maximum atomic E-state index is 12.3. The number of nitrogens with one attached hydrogen (secondary N) is 3. The van der Waals surface area contributed by atoms with Gasteiger partial charge in [0.1, 0.15) is 0 Å². The van der Waals surface area contributed by atoms with Crippen LogP contribution < -0.4 is 16.0 Å². The zero-order valence-corrected chi connectivity index (χ0v) is 19.7. The fourth-order valence-corrected chi connectivity index (χ4v) is 3.65. The van der Waals surface area contributed by atoms with Crippen LogP contribution in [0.4, 0.5) is 5.69 Å². The predicted octanol–water partition coefficient (Wildman–Crippen LogP) is 4.86. The Hall–Kier alpha value is -2.66. The Morgan fingerprint density at radius 3 is 1.97 bits per heavy atom. The summed E-state index contributed by atoms with van der Waals surface area (Å²) in [5, 5.41) is 8.94. The second kappa shape index (κ2) is 11.7. The van der Waals surface area contributed by atoms with Crippen LogP contribution in [-0.2, 0) is 9.59 Å². The van der Waals surface area contributed by atoms with Crippen LogP contribution in [0.3, 0.4) is 0 Å². The minimum absolute atomic E-state index is 0.0514. The number of carbonyl (C=O) groups excluding carboxylic acids is 2. The van der Waals surface area contributed by atoms with Crippen molar-refractivity contribution in [2.45, 2.75) is 59.9 Å². The van der Waals surface area contributed by atoms with Crippen molar-refractivity contribution in [3.8, 4) is 0 Å². The fraction of sp³-hybridized carbons (Fsp3) is 0.462. The smallest absolute Gasteiger partial charge is 0.243 e. The van der Waals surface area contributed by atoms with Gasteiger partial charge in [-0.15, -0.1) is 0 Å². The third-order valence-corrected chi connectivity index (χ3v) is 5.82. The van der Waals surface area contributed by atoms with Crippen molar-refractivity contribution in [1.29, 1.82) is 0 Å². The fourth-order valence-electron chi connectivity index (χ4n) is 3.65. The van der Waals surface area contributed by atoms with Crippen molar-refractivity contribution in [2.75, 3.05) is 18.4 Å². The third kappa shape index (κ3) is 7.21. The van der Waals surface area contributed by atoms with Crippen molar-refractivity contribution in [1.82, 2.24) is 10.6 Å². The molecule has 0 bridgehead atoms. The van der Waals surface area contributed by atoms with E-state index in [-0.39, 0.29) is 30.9 Å². The molecule has 168 valence electrons. The standard InChI is InChI=1S/C26H37N3O2/c1-7-18(4)21-11-13-22(14-12-21)25(17(2)3)28-15-23(30)27-16-24(31)29-26-19(5)9-8-10-20(26)6/h8-14,17-18,25,28H,7,15-16H2,1-6H3,(H,27,30)(H,29,31)/t18-,25+/m1/s1. The molecule has 0 spiro atoms. The van der Waals surface area contributed by atoms with Gasteiger partial charge in [-0.2, -0.15) is 0 Å². The lowest BCUT2D eigenvalue weighted by atomic mass is 9.92. The second-order valence-electron chi connectivity index (χ2n) is 8.67. The molecule has 31 heavy (non-hydrogen) atoms. The number of aryl methyl sites for hydroxylation is 2. The molecule has 2 aromatic rings. The van der Waals surface area contributed by atoms with Gasteiger partial charge in [-0.25, -0.2) is 0 Å². The van der Waals surface area contributed by atoms with Crippen molar-refractivity contribution in [3.05, 3.63) is 64.7 Å². The normalized spacial score (nSPS) is 13.0. The van der Waals surface area contributed by atoms with E-state index in [0.717, 1.165) is 23.2 Å². The molecule has 2 aromatic carbocycles. The minimum atomic E-state index is -0.230. The van der Waals surface area contributed by atoms with Gasteiger partial charge in [0, 0.05) is 11.7 Å². The predicted molar refractivity (Wildman–Crippen MR) is 128 cm³/mol. The molecule has 0 aliphatic carbocycles. The molecular weight excluding hydrogens is 386 g/mol. The number of benzene rings is 2. The van der Waals surface area contributed by atoms with Crippen LogP contribution in [-0.4, -0.2) is 24.9 Å². The zero-order chi connectivity index (χ0) is 23.0. The molecule has 0 heterocycles. The number of rotatable bonds is 10. The first-order valence-corrected chi connectivity index (χ1v) is 11.2. The van der Waals surface area contributed by atoms with E-state index >= 15 is 0 Å². The van der Waals surface area contributed by atoms with Crippen LogP contribution in [0.5, 0.6) is 0 Å². The van der Waals surface area contributed by atoms with Gasteiger partial charge in [0.25, 0.3) is 0 Å². The molecule has 5 nitrogen and oxygen atoms in total. The van der Waals surface area contributed by atoms with Crippen molar-refractivity contribution in [2.24, 2.45) is 5.92 Å². The van der Waals surface area contributed by atoms with E-state index in [1.807, 2.05) is 32.0 Å². The highest BCUT2D eigenvalue weighted by Gasteiger charge is 2.17. The summed E-state index contributed by atoms with van der Waals surface area (Å²) in [6.07, 6.45) is 1.11. The van der Waals surface area contributed by atoms with Gasteiger partial charge in [0.15, 0.2) is 0 Å². The molecule has 0 saturated carbocycles. The Kier molecular flexibility index (Phi) is 9.25. The summed E-state index contributed by atoms with van der Waals surface area (Å²) in [5.41, 5.74) is 5.31. The molecule has 0 saturated heterocycles. The third-order valence-electron chi connectivity index (χ3n) is 5.82. The Morgan fingerprint density at radius 1 is 0.839 bits per heavy atom.